The lowest BCUT2D eigenvalue weighted by Crippen LogP contribution is -2.31. The number of hydrogen-bond acceptors (Lipinski definition) is 4. The van der Waals surface area contributed by atoms with Gasteiger partial charge in [-0.15, -0.1) is 0 Å². The van der Waals surface area contributed by atoms with Crippen LogP contribution in [0, 0.1) is 0 Å². The predicted molar refractivity (Wildman–Crippen MR) is 90.1 cm³/mol. The van der Waals surface area contributed by atoms with Gasteiger partial charge in [-0.2, -0.15) is 0 Å². The Bertz CT molecular complexity index is 652. The number of nitrogens with one attached hydrogen (secondary N) is 1. The summed E-state index contributed by atoms with van der Waals surface area (Å²) in [6.07, 6.45) is 4.00. The molecule has 1 aliphatic rings. The maximum atomic E-state index is 10.3. The Labute approximate surface area is 137 Å². The Morgan fingerprint density at radius 3 is 2.70 bits per heavy atom. The van der Waals surface area contributed by atoms with E-state index in [-0.39, 0.29) is 5.54 Å². The van der Waals surface area contributed by atoms with Gasteiger partial charge in [0.05, 0.1) is 24.6 Å². The quantitative estimate of drug-likeness (QED) is 0.605. The minimum absolute atomic E-state index is 0.0247. The minimum atomic E-state index is -0.0247. The molecule has 0 aliphatic heterocycles. The van der Waals surface area contributed by atoms with Crippen LogP contribution in [0.4, 0.5) is 0 Å². The predicted octanol–water partition coefficient (Wildman–Crippen LogP) is 3.66. The maximum Gasteiger partial charge on any atom is 0.124 e. The number of aromatic nitrogens is 1. The van der Waals surface area contributed by atoms with E-state index in [0.29, 0.717) is 25.0 Å². The van der Waals surface area contributed by atoms with Gasteiger partial charge < -0.3 is 9.84 Å². The van der Waals surface area contributed by atoms with Crippen molar-refractivity contribution in [2.45, 2.75) is 44.8 Å². The van der Waals surface area contributed by atoms with Crippen molar-refractivity contribution in [1.29, 1.82) is 0 Å². The van der Waals surface area contributed by atoms with Crippen molar-refractivity contribution in [2.24, 2.45) is 0 Å². The van der Waals surface area contributed by atoms with Crippen LogP contribution in [-0.2, 0) is 16.9 Å². The zero-order valence-electron chi connectivity index (χ0n) is 13.7. The Kier molecular flexibility index (Phi) is 4.64. The molecular weight excluding hydrogens is 288 g/mol. The first-order valence-electron chi connectivity index (χ1n) is 8.17. The van der Waals surface area contributed by atoms with E-state index in [9.17, 15) is 5.11 Å². The summed E-state index contributed by atoms with van der Waals surface area (Å²) in [5.41, 5.74) is 2.85. The lowest BCUT2D eigenvalue weighted by molar-refractivity contribution is 0.0903. The summed E-state index contributed by atoms with van der Waals surface area (Å²) >= 11 is 0. The molecule has 0 atom stereocenters. The van der Waals surface area contributed by atoms with Crippen molar-refractivity contribution in [3.05, 3.63) is 59.4 Å². The summed E-state index contributed by atoms with van der Waals surface area (Å²) in [6, 6.07) is 11.8. The number of hydrogen-bond donors (Lipinski definition) is 2. The molecule has 1 aromatic carbocycles. The highest BCUT2D eigenvalue weighted by atomic mass is 16.5. The Hall–Kier alpha value is -1.91. The summed E-state index contributed by atoms with van der Waals surface area (Å²) in [4.78, 5) is 4.44. The van der Waals surface area contributed by atoms with Crippen molar-refractivity contribution in [1.82, 2.24) is 10.3 Å². The minimum Gasteiger partial charge on any atom is -0.507 e. The topological polar surface area (TPSA) is 54.4 Å². The summed E-state index contributed by atoms with van der Waals surface area (Å²) < 4.78 is 5.73. The van der Waals surface area contributed by atoms with E-state index in [0.717, 1.165) is 29.7 Å². The molecule has 2 N–H and O–H groups in total. The molecule has 1 aromatic heterocycles. The van der Waals surface area contributed by atoms with Crippen LogP contribution in [-0.4, -0.2) is 16.8 Å². The van der Waals surface area contributed by atoms with Crippen LogP contribution in [0.15, 0.2) is 42.6 Å². The highest BCUT2D eigenvalue weighted by molar-refractivity contribution is 5.41. The zero-order valence-corrected chi connectivity index (χ0v) is 13.7. The average Bonchev–Trinajstić information content (AvgIpc) is 3.35. The molecule has 4 nitrogen and oxygen atoms in total. The summed E-state index contributed by atoms with van der Waals surface area (Å²) in [5.74, 6) is 0.653. The van der Waals surface area contributed by atoms with E-state index >= 15 is 0 Å². The Morgan fingerprint density at radius 2 is 2.04 bits per heavy atom. The van der Waals surface area contributed by atoms with Crippen LogP contribution in [0.25, 0.3) is 0 Å². The van der Waals surface area contributed by atoms with Gasteiger partial charge in [0.1, 0.15) is 5.75 Å². The molecule has 2 aromatic rings. The molecule has 0 bridgehead atoms. The number of phenols is 1. The lowest BCUT2D eigenvalue weighted by Gasteiger charge is -2.17. The van der Waals surface area contributed by atoms with Gasteiger partial charge >= 0.3 is 0 Å². The summed E-state index contributed by atoms with van der Waals surface area (Å²) in [5, 5.41) is 13.7. The van der Waals surface area contributed by atoms with E-state index in [1.807, 2.05) is 36.5 Å². The SMILES string of the molecule is CC(C)c1cccc(COCNC2(c3ccccn3)CC2)c1O. The molecule has 0 radical (unpaired) electrons. The smallest absolute Gasteiger partial charge is 0.124 e. The molecule has 1 fully saturated rings. The van der Waals surface area contributed by atoms with Crippen molar-refractivity contribution >= 4 is 0 Å². The number of nitrogens with zero attached hydrogens (tertiary/aromatic N) is 1. The van der Waals surface area contributed by atoms with Gasteiger partial charge in [0.15, 0.2) is 0 Å². The molecule has 0 saturated heterocycles. The molecule has 122 valence electrons. The molecule has 0 unspecified atom stereocenters. The number of benzene rings is 1. The fourth-order valence-corrected chi connectivity index (χ4v) is 2.84. The number of phenolic OH excluding ortho intramolecular Hbond substituents is 1. The van der Waals surface area contributed by atoms with Crippen LogP contribution < -0.4 is 5.32 Å². The number of aromatic hydroxyl groups is 1. The Balaban J connectivity index is 1.54. The number of ether oxygens (including phenoxy) is 1. The Morgan fingerprint density at radius 1 is 1.22 bits per heavy atom. The van der Waals surface area contributed by atoms with Crippen LogP contribution in [0.1, 0.15) is 49.4 Å². The summed E-state index contributed by atoms with van der Waals surface area (Å²) in [6.45, 7) is 5.00. The third kappa shape index (κ3) is 3.54. The first-order chi connectivity index (χ1) is 11.1. The molecular formula is C19H24N2O2. The van der Waals surface area contributed by atoms with Gasteiger partial charge in [0.25, 0.3) is 0 Å². The van der Waals surface area contributed by atoms with E-state index in [2.05, 4.69) is 30.2 Å². The maximum absolute atomic E-state index is 10.3. The van der Waals surface area contributed by atoms with Crippen molar-refractivity contribution in [3.8, 4) is 5.75 Å². The van der Waals surface area contributed by atoms with Gasteiger partial charge in [-0.05, 0) is 36.5 Å². The van der Waals surface area contributed by atoms with Gasteiger partial charge in [0, 0.05) is 11.8 Å². The van der Waals surface area contributed by atoms with Crippen molar-refractivity contribution in [2.75, 3.05) is 6.73 Å². The summed E-state index contributed by atoms with van der Waals surface area (Å²) in [7, 11) is 0. The van der Waals surface area contributed by atoms with Gasteiger partial charge in [-0.25, -0.2) is 0 Å². The highest BCUT2D eigenvalue weighted by Gasteiger charge is 2.45. The van der Waals surface area contributed by atoms with E-state index < -0.39 is 0 Å². The zero-order chi connectivity index (χ0) is 16.3. The molecule has 3 rings (SSSR count). The molecule has 1 saturated carbocycles. The van der Waals surface area contributed by atoms with Crippen LogP contribution >= 0.6 is 0 Å². The van der Waals surface area contributed by atoms with Gasteiger partial charge in [0.2, 0.25) is 0 Å². The lowest BCUT2D eigenvalue weighted by atomic mass is 9.99. The number of para-hydroxylation sites is 1. The third-order valence-electron chi connectivity index (χ3n) is 4.45. The average molecular weight is 312 g/mol. The first-order valence-corrected chi connectivity index (χ1v) is 8.17. The molecule has 23 heavy (non-hydrogen) atoms. The number of rotatable bonds is 7. The first kappa shape index (κ1) is 16.0. The van der Waals surface area contributed by atoms with Crippen molar-refractivity contribution < 1.29 is 9.84 Å². The molecule has 0 amide bonds. The second-order valence-corrected chi connectivity index (χ2v) is 6.48. The van der Waals surface area contributed by atoms with E-state index in [1.54, 1.807) is 0 Å². The second-order valence-electron chi connectivity index (χ2n) is 6.48. The highest BCUT2D eigenvalue weighted by Crippen LogP contribution is 2.44. The van der Waals surface area contributed by atoms with Gasteiger partial charge in [-0.3, -0.25) is 10.3 Å². The van der Waals surface area contributed by atoms with Gasteiger partial charge in [-0.1, -0.05) is 38.1 Å². The normalized spacial score (nSPS) is 15.8. The van der Waals surface area contributed by atoms with Crippen LogP contribution in [0.5, 0.6) is 5.75 Å². The van der Waals surface area contributed by atoms with Crippen LogP contribution in [0.3, 0.4) is 0 Å². The van der Waals surface area contributed by atoms with E-state index in [4.69, 9.17) is 4.74 Å². The molecule has 1 heterocycles. The second kappa shape index (κ2) is 6.69. The number of pyridine rings is 1. The van der Waals surface area contributed by atoms with Crippen LogP contribution in [0.2, 0.25) is 0 Å². The fourth-order valence-electron chi connectivity index (χ4n) is 2.84. The monoisotopic (exact) mass is 312 g/mol. The third-order valence-corrected chi connectivity index (χ3v) is 4.45. The molecule has 0 spiro atoms. The largest absolute Gasteiger partial charge is 0.507 e. The van der Waals surface area contributed by atoms with E-state index in [1.165, 1.54) is 0 Å². The fraction of sp³-hybridized carbons (Fsp3) is 0.421. The molecule has 4 heteroatoms. The standard InChI is InChI=1S/C19H24N2O2/c1-14(2)16-7-5-6-15(18(16)22)12-23-13-21-19(9-10-19)17-8-3-4-11-20-17/h3-8,11,14,21-22H,9-10,12-13H2,1-2H3. The van der Waals surface area contributed by atoms with Crippen molar-refractivity contribution in [3.63, 3.8) is 0 Å². The molecule has 1 aliphatic carbocycles.